The van der Waals surface area contributed by atoms with Crippen LogP contribution >= 0.6 is 0 Å². The molecule has 3 nitrogen and oxygen atoms in total. The molecule has 0 atom stereocenters. The summed E-state index contributed by atoms with van der Waals surface area (Å²) in [6.07, 6.45) is -1.80. The molecule has 0 spiro atoms. The Morgan fingerprint density at radius 3 is 2.35 bits per heavy atom. The van der Waals surface area contributed by atoms with Gasteiger partial charge in [-0.1, -0.05) is 18.2 Å². The molecule has 3 rings (SSSR count). The highest BCUT2D eigenvalue weighted by atomic mass is 127. The Balaban J connectivity index is 0.00000192. The van der Waals surface area contributed by atoms with E-state index in [9.17, 15) is 18.0 Å². The summed E-state index contributed by atoms with van der Waals surface area (Å²) in [5.74, 6) is -1.85. The lowest BCUT2D eigenvalue weighted by molar-refractivity contribution is -0.659. The molecule has 0 aliphatic carbocycles. The van der Waals surface area contributed by atoms with E-state index in [2.05, 4.69) is 0 Å². The second kappa shape index (κ2) is 6.31. The lowest BCUT2D eigenvalue weighted by Gasteiger charge is -2.07. The maximum atomic E-state index is 12.7. The van der Waals surface area contributed by atoms with Crippen molar-refractivity contribution in [3.8, 4) is 11.3 Å². The zero-order chi connectivity index (χ0) is 15.9. The van der Waals surface area contributed by atoms with E-state index < -0.39 is 12.0 Å². The van der Waals surface area contributed by atoms with Crippen LogP contribution < -0.4 is 28.5 Å². The Bertz CT molecular complexity index is 857. The van der Waals surface area contributed by atoms with Gasteiger partial charge in [0, 0.05) is 5.56 Å². The highest BCUT2D eigenvalue weighted by molar-refractivity contribution is 6.00. The van der Waals surface area contributed by atoms with Crippen molar-refractivity contribution in [2.45, 2.75) is 6.18 Å². The molecule has 0 aliphatic heterocycles. The van der Waals surface area contributed by atoms with E-state index in [4.69, 9.17) is 0 Å². The summed E-state index contributed by atoms with van der Waals surface area (Å²) in [7, 11) is 1.81. The predicted molar refractivity (Wildman–Crippen MR) is 74.4 cm³/mol. The molecule has 0 radical (unpaired) electrons. The number of ketones is 1. The number of fused-ring (bicyclic) bond motifs is 1. The maximum absolute atomic E-state index is 12.7. The van der Waals surface area contributed by atoms with E-state index in [0.717, 1.165) is 11.3 Å². The van der Waals surface area contributed by atoms with Gasteiger partial charge in [-0.2, -0.15) is 17.7 Å². The standard InChI is InChI=1S/C16H12F3N2O.HI/c1-20-9-10-21-12(14(20)11-5-3-2-4-6-11)7-8-13(21)15(22)16(17,18)19;/h2-10H,1H3;1H/q+1;/p-1. The van der Waals surface area contributed by atoms with Crippen LogP contribution in [0.25, 0.3) is 16.8 Å². The van der Waals surface area contributed by atoms with Gasteiger partial charge < -0.3 is 28.4 Å². The molecule has 0 N–H and O–H groups in total. The van der Waals surface area contributed by atoms with E-state index in [-0.39, 0.29) is 29.7 Å². The van der Waals surface area contributed by atoms with E-state index >= 15 is 0 Å². The monoisotopic (exact) mass is 432 g/mol. The number of rotatable bonds is 2. The molecule has 120 valence electrons. The first-order valence-electron chi connectivity index (χ1n) is 6.56. The number of aromatic nitrogens is 2. The molecular weight excluding hydrogens is 420 g/mol. The van der Waals surface area contributed by atoms with Gasteiger partial charge in [0.15, 0.2) is 6.20 Å². The maximum Gasteiger partial charge on any atom is 0.456 e. The number of Topliss-reactive ketones (excluding diaryl/α,β-unsaturated/α-hetero) is 1. The van der Waals surface area contributed by atoms with Crippen LogP contribution in [0.3, 0.4) is 0 Å². The fourth-order valence-corrected chi connectivity index (χ4v) is 2.50. The van der Waals surface area contributed by atoms with Gasteiger partial charge in [-0.25, -0.2) is 0 Å². The van der Waals surface area contributed by atoms with Crippen molar-refractivity contribution < 1.29 is 46.5 Å². The highest BCUT2D eigenvalue weighted by Crippen LogP contribution is 2.26. The van der Waals surface area contributed by atoms with Gasteiger partial charge >= 0.3 is 6.18 Å². The molecule has 2 heterocycles. The van der Waals surface area contributed by atoms with Crippen LogP contribution in [0.1, 0.15) is 10.5 Å². The molecule has 0 saturated carbocycles. The van der Waals surface area contributed by atoms with Gasteiger partial charge in [-0.15, -0.1) is 0 Å². The SMILES string of the molecule is C[n+]1ccn2c(C(=O)C(F)(F)F)ccc2c1-c1ccccc1.[I-]. The minimum atomic E-state index is -4.89. The molecule has 2 aromatic heterocycles. The fourth-order valence-electron chi connectivity index (χ4n) is 2.50. The van der Waals surface area contributed by atoms with Crippen LogP contribution in [0.15, 0.2) is 54.9 Å². The minimum absolute atomic E-state index is 0. The van der Waals surface area contributed by atoms with Crippen LogP contribution in [-0.4, -0.2) is 16.4 Å². The molecule has 3 aromatic rings. The molecule has 23 heavy (non-hydrogen) atoms. The zero-order valence-electron chi connectivity index (χ0n) is 12.0. The number of halogens is 4. The van der Waals surface area contributed by atoms with Gasteiger partial charge in [0.1, 0.15) is 12.6 Å². The van der Waals surface area contributed by atoms with Crippen molar-refractivity contribution in [2.24, 2.45) is 7.05 Å². The van der Waals surface area contributed by atoms with Crippen LogP contribution in [0.4, 0.5) is 13.2 Å². The number of carbonyl (C=O) groups is 1. The summed E-state index contributed by atoms with van der Waals surface area (Å²) >= 11 is 0. The number of alkyl halides is 3. The van der Waals surface area contributed by atoms with Crippen LogP contribution in [0, 0.1) is 0 Å². The average Bonchev–Trinajstić information content (AvgIpc) is 2.89. The lowest BCUT2D eigenvalue weighted by Crippen LogP contribution is -3.00. The van der Waals surface area contributed by atoms with Gasteiger partial charge in [0.05, 0.1) is 11.9 Å². The third-order valence-electron chi connectivity index (χ3n) is 3.49. The Morgan fingerprint density at radius 1 is 1.09 bits per heavy atom. The van der Waals surface area contributed by atoms with E-state index in [1.165, 1.54) is 22.7 Å². The normalized spacial score (nSPS) is 11.3. The largest absolute Gasteiger partial charge is 1.00 e. The highest BCUT2D eigenvalue weighted by Gasteiger charge is 2.41. The third kappa shape index (κ3) is 3.10. The number of aryl methyl sites for hydroxylation is 1. The van der Waals surface area contributed by atoms with Crippen LogP contribution in [-0.2, 0) is 7.05 Å². The van der Waals surface area contributed by atoms with E-state index in [1.807, 2.05) is 34.9 Å². The minimum Gasteiger partial charge on any atom is -1.00 e. The zero-order valence-corrected chi connectivity index (χ0v) is 14.2. The van der Waals surface area contributed by atoms with Crippen molar-refractivity contribution in [1.82, 2.24) is 4.40 Å². The Labute approximate surface area is 147 Å². The third-order valence-corrected chi connectivity index (χ3v) is 3.49. The first-order chi connectivity index (χ1) is 10.4. The van der Waals surface area contributed by atoms with E-state index in [0.29, 0.717) is 5.52 Å². The predicted octanol–water partition coefficient (Wildman–Crippen LogP) is 0.180. The van der Waals surface area contributed by atoms with Crippen molar-refractivity contribution >= 4 is 11.3 Å². The smallest absolute Gasteiger partial charge is 0.456 e. The van der Waals surface area contributed by atoms with Crippen LogP contribution in [0.2, 0.25) is 0 Å². The molecule has 1 aromatic carbocycles. The van der Waals surface area contributed by atoms with E-state index in [1.54, 1.807) is 13.2 Å². The Hall–Kier alpha value is -1.90. The van der Waals surface area contributed by atoms with Gasteiger partial charge in [-0.3, -0.25) is 4.79 Å². The first kappa shape index (κ1) is 17.5. The number of carbonyl (C=O) groups excluding carboxylic acids is 1. The number of benzene rings is 1. The molecule has 0 bridgehead atoms. The molecule has 0 fully saturated rings. The van der Waals surface area contributed by atoms with Crippen molar-refractivity contribution in [3.05, 3.63) is 60.6 Å². The molecular formula is C16H12F3IN2O. The number of nitrogens with zero attached hydrogens (tertiary/aromatic N) is 2. The number of hydrogen-bond acceptors (Lipinski definition) is 1. The summed E-state index contributed by atoms with van der Waals surface area (Å²) < 4.78 is 41.1. The second-order valence-electron chi connectivity index (χ2n) is 4.92. The molecule has 0 amide bonds. The quantitative estimate of drug-likeness (QED) is 0.323. The Morgan fingerprint density at radius 2 is 1.74 bits per heavy atom. The average molecular weight is 432 g/mol. The first-order valence-corrected chi connectivity index (χ1v) is 6.56. The fraction of sp³-hybridized carbons (Fsp3) is 0.125. The van der Waals surface area contributed by atoms with Gasteiger partial charge in [0.2, 0.25) is 5.69 Å². The molecule has 0 unspecified atom stereocenters. The van der Waals surface area contributed by atoms with Gasteiger partial charge in [0.25, 0.3) is 5.78 Å². The summed E-state index contributed by atoms with van der Waals surface area (Å²) in [5.41, 5.74) is 1.76. The van der Waals surface area contributed by atoms with Crippen molar-refractivity contribution in [1.29, 1.82) is 0 Å². The lowest BCUT2D eigenvalue weighted by atomic mass is 10.1. The van der Waals surface area contributed by atoms with Gasteiger partial charge in [-0.05, 0) is 24.3 Å². The molecule has 7 heteroatoms. The number of hydrogen-bond donors (Lipinski definition) is 0. The van der Waals surface area contributed by atoms with Crippen molar-refractivity contribution in [3.63, 3.8) is 0 Å². The topological polar surface area (TPSA) is 25.4 Å². The second-order valence-corrected chi connectivity index (χ2v) is 4.92. The summed E-state index contributed by atoms with van der Waals surface area (Å²) in [6, 6.07) is 12.0. The summed E-state index contributed by atoms with van der Waals surface area (Å²) in [5, 5.41) is 0. The molecule has 0 saturated heterocycles. The summed E-state index contributed by atoms with van der Waals surface area (Å²) in [4.78, 5) is 11.5. The summed E-state index contributed by atoms with van der Waals surface area (Å²) in [6.45, 7) is 0. The Kier molecular flexibility index (Phi) is 4.79. The molecule has 0 aliphatic rings. The van der Waals surface area contributed by atoms with Crippen LogP contribution in [0.5, 0.6) is 0 Å². The van der Waals surface area contributed by atoms with Crippen molar-refractivity contribution in [2.75, 3.05) is 0 Å².